The van der Waals surface area contributed by atoms with Crippen molar-refractivity contribution in [1.82, 2.24) is 9.80 Å². The molecule has 0 bridgehead atoms. The maximum atomic E-state index is 12.5. The zero-order chi connectivity index (χ0) is 15.9. The lowest BCUT2D eigenvalue weighted by Crippen LogP contribution is -2.45. The Morgan fingerprint density at radius 3 is 2.48 bits per heavy atom. The van der Waals surface area contributed by atoms with E-state index >= 15 is 0 Å². The number of piperidine rings is 1. The summed E-state index contributed by atoms with van der Waals surface area (Å²) in [5, 5.41) is 0. The molecule has 1 aromatic carbocycles. The molecule has 0 aromatic heterocycles. The van der Waals surface area contributed by atoms with E-state index in [4.69, 9.17) is 4.74 Å². The molecule has 0 saturated carbocycles. The molecule has 126 valence electrons. The standard InChI is InChI=1S/C18H26N2O2S/c21-18(20-11-14-23-15-12-20)16-6-8-19(9-7-16)10-13-22-17-4-2-1-3-5-17/h1-5,16H,6-15H2. The lowest BCUT2D eigenvalue weighted by atomic mass is 9.95. The van der Waals surface area contributed by atoms with Crippen LogP contribution in [0.15, 0.2) is 30.3 Å². The van der Waals surface area contributed by atoms with Crippen molar-refractivity contribution in [1.29, 1.82) is 0 Å². The summed E-state index contributed by atoms with van der Waals surface area (Å²) in [4.78, 5) is 17.0. The lowest BCUT2D eigenvalue weighted by molar-refractivity contribution is -0.136. The number of thioether (sulfide) groups is 1. The quantitative estimate of drug-likeness (QED) is 0.827. The van der Waals surface area contributed by atoms with Gasteiger partial charge in [0.2, 0.25) is 5.91 Å². The minimum absolute atomic E-state index is 0.240. The molecule has 5 heteroatoms. The second-order valence-corrected chi connectivity index (χ2v) is 7.44. The van der Waals surface area contributed by atoms with Crippen LogP contribution in [0.4, 0.5) is 0 Å². The Bertz CT molecular complexity index is 483. The van der Waals surface area contributed by atoms with Crippen LogP contribution >= 0.6 is 11.8 Å². The van der Waals surface area contributed by atoms with E-state index in [0.717, 1.165) is 62.8 Å². The maximum Gasteiger partial charge on any atom is 0.225 e. The monoisotopic (exact) mass is 334 g/mol. The number of hydrogen-bond donors (Lipinski definition) is 0. The molecule has 2 saturated heterocycles. The van der Waals surface area contributed by atoms with Crippen LogP contribution in [-0.4, -0.2) is 66.5 Å². The highest BCUT2D eigenvalue weighted by Gasteiger charge is 2.29. The van der Waals surface area contributed by atoms with E-state index < -0.39 is 0 Å². The number of carbonyl (C=O) groups excluding carboxylic acids is 1. The number of benzene rings is 1. The predicted octanol–water partition coefficient (Wildman–Crippen LogP) is 2.35. The van der Waals surface area contributed by atoms with E-state index in [2.05, 4.69) is 9.80 Å². The molecule has 3 rings (SSSR count). The average molecular weight is 334 g/mol. The normalized spacial score (nSPS) is 20.4. The molecule has 1 amide bonds. The van der Waals surface area contributed by atoms with Gasteiger partial charge in [-0.3, -0.25) is 9.69 Å². The summed E-state index contributed by atoms with van der Waals surface area (Å²) in [6.45, 7) is 5.56. The number of nitrogens with zero attached hydrogens (tertiary/aromatic N) is 2. The number of hydrogen-bond acceptors (Lipinski definition) is 4. The lowest BCUT2D eigenvalue weighted by Gasteiger charge is -2.35. The highest BCUT2D eigenvalue weighted by atomic mass is 32.2. The van der Waals surface area contributed by atoms with Gasteiger partial charge >= 0.3 is 0 Å². The largest absolute Gasteiger partial charge is 0.492 e. The Kier molecular flexibility index (Phi) is 6.22. The van der Waals surface area contributed by atoms with Gasteiger partial charge in [0.25, 0.3) is 0 Å². The van der Waals surface area contributed by atoms with Gasteiger partial charge < -0.3 is 9.64 Å². The number of para-hydroxylation sites is 1. The van der Waals surface area contributed by atoms with Crippen LogP contribution in [0, 0.1) is 5.92 Å². The highest BCUT2D eigenvalue weighted by molar-refractivity contribution is 7.99. The van der Waals surface area contributed by atoms with Gasteiger partial charge in [-0.1, -0.05) is 18.2 Å². The second kappa shape index (κ2) is 8.60. The minimum atomic E-state index is 0.240. The van der Waals surface area contributed by atoms with Gasteiger partial charge in [-0.15, -0.1) is 0 Å². The van der Waals surface area contributed by atoms with E-state index in [1.54, 1.807) is 0 Å². The van der Waals surface area contributed by atoms with E-state index in [1.165, 1.54) is 0 Å². The molecule has 0 spiro atoms. The summed E-state index contributed by atoms with van der Waals surface area (Å²) < 4.78 is 5.76. The Morgan fingerprint density at radius 1 is 1.09 bits per heavy atom. The second-order valence-electron chi connectivity index (χ2n) is 6.22. The number of amides is 1. The number of rotatable bonds is 5. The molecule has 0 radical (unpaired) electrons. The topological polar surface area (TPSA) is 32.8 Å². The summed E-state index contributed by atoms with van der Waals surface area (Å²) >= 11 is 1.95. The Morgan fingerprint density at radius 2 is 1.78 bits per heavy atom. The van der Waals surface area contributed by atoms with E-state index in [0.29, 0.717) is 12.5 Å². The highest BCUT2D eigenvalue weighted by Crippen LogP contribution is 2.21. The Hall–Kier alpha value is -1.20. The zero-order valence-corrected chi connectivity index (χ0v) is 14.5. The summed E-state index contributed by atoms with van der Waals surface area (Å²) in [6.07, 6.45) is 1.99. The van der Waals surface area contributed by atoms with Crippen molar-refractivity contribution in [3.05, 3.63) is 30.3 Å². The molecule has 2 aliphatic heterocycles. The van der Waals surface area contributed by atoms with Gasteiger partial charge in [-0.05, 0) is 38.1 Å². The van der Waals surface area contributed by atoms with Crippen LogP contribution in [0.25, 0.3) is 0 Å². The van der Waals surface area contributed by atoms with Gasteiger partial charge in [0.05, 0.1) is 0 Å². The van der Waals surface area contributed by atoms with Crippen molar-refractivity contribution >= 4 is 17.7 Å². The molecule has 2 aliphatic rings. The third-order valence-corrected chi connectivity index (χ3v) is 5.62. The molecule has 1 aromatic rings. The zero-order valence-electron chi connectivity index (χ0n) is 13.7. The van der Waals surface area contributed by atoms with Gasteiger partial charge in [0.1, 0.15) is 12.4 Å². The van der Waals surface area contributed by atoms with Crippen LogP contribution in [0.3, 0.4) is 0 Å². The molecule has 2 heterocycles. The Labute approximate surface area is 143 Å². The average Bonchev–Trinajstić information content (AvgIpc) is 2.63. The molecule has 0 atom stereocenters. The first-order valence-corrected chi connectivity index (χ1v) is 9.75. The van der Waals surface area contributed by atoms with Crippen molar-refractivity contribution in [2.45, 2.75) is 12.8 Å². The van der Waals surface area contributed by atoms with E-state index in [9.17, 15) is 4.79 Å². The maximum absolute atomic E-state index is 12.5. The molecule has 23 heavy (non-hydrogen) atoms. The molecule has 4 nitrogen and oxygen atoms in total. The molecule has 0 aliphatic carbocycles. The fourth-order valence-electron chi connectivity index (χ4n) is 3.25. The van der Waals surface area contributed by atoms with Crippen LogP contribution in [0.1, 0.15) is 12.8 Å². The molecular formula is C18H26N2O2S. The molecule has 0 N–H and O–H groups in total. The fourth-order valence-corrected chi connectivity index (χ4v) is 4.16. The van der Waals surface area contributed by atoms with Gasteiger partial charge in [0, 0.05) is 37.1 Å². The van der Waals surface area contributed by atoms with E-state index in [-0.39, 0.29) is 5.92 Å². The van der Waals surface area contributed by atoms with Crippen molar-refractivity contribution in [2.24, 2.45) is 5.92 Å². The van der Waals surface area contributed by atoms with Crippen LogP contribution < -0.4 is 4.74 Å². The van der Waals surface area contributed by atoms with Crippen molar-refractivity contribution in [2.75, 3.05) is 50.8 Å². The predicted molar refractivity (Wildman–Crippen MR) is 95.0 cm³/mol. The first-order valence-electron chi connectivity index (χ1n) is 8.59. The smallest absolute Gasteiger partial charge is 0.225 e. The summed E-state index contributed by atoms with van der Waals surface area (Å²) in [5.74, 6) is 3.76. The van der Waals surface area contributed by atoms with Gasteiger partial charge in [-0.25, -0.2) is 0 Å². The first-order chi connectivity index (χ1) is 11.3. The van der Waals surface area contributed by atoms with Crippen molar-refractivity contribution in [3.63, 3.8) is 0 Å². The number of carbonyl (C=O) groups is 1. The van der Waals surface area contributed by atoms with Crippen LogP contribution in [0.5, 0.6) is 5.75 Å². The summed E-state index contributed by atoms with van der Waals surface area (Å²) in [6, 6.07) is 9.95. The third-order valence-electron chi connectivity index (χ3n) is 4.68. The van der Waals surface area contributed by atoms with Crippen molar-refractivity contribution in [3.8, 4) is 5.75 Å². The minimum Gasteiger partial charge on any atom is -0.492 e. The van der Waals surface area contributed by atoms with Gasteiger partial charge in [-0.2, -0.15) is 11.8 Å². The fraction of sp³-hybridized carbons (Fsp3) is 0.611. The molecule has 0 unspecified atom stereocenters. The van der Waals surface area contributed by atoms with Crippen molar-refractivity contribution < 1.29 is 9.53 Å². The first kappa shape index (κ1) is 16.7. The molecule has 2 fully saturated rings. The third kappa shape index (κ3) is 4.88. The van der Waals surface area contributed by atoms with Gasteiger partial charge in [0.15, 0.2) is 0 Å². The van der Waals surface area contributed by atoms with Crippen LogP contribution in [0.2, 0.25) is 0 Å². The van der Waals surface area contributed by atoms with E-state index in [1.807, 2.05) is 42.1 Å². The Balaban J connectivity index is 1.36. The SMILES string of the molecule is O=C(C1CCN(CCOc2ccccc2)CC1)N1CCSCC1. The number of likely N-dealkylation sites (tertiary alicyclic amines) is 1. The molecular weight excluding hydrogens is 308 g/mol. The number of ether oxygens (including phenoxy) is 1. The summed E-state index contributed by atoms with van der Waals surface area (Å²) in [7, 11) is 0. The van der Waals surface area contributed by atoms with Crippen LogP contribution in [-0.2, 0) is 4.79 Å². The summed E-state index contributed by atoms with van der Waals surface area (Å²) in [5.41, 5.74) is 0.